The Hall–Kier alpha value is -2.04. The Morgan fingerprint density at radius 1 is 0.952 bits per heavy atom. The Morgan fingerprint density at radius 2 is 1.76 bits per heavy atom. The molecule has 0 aliphatic heterocycles. The molecule has 3 N–H and O–H groups in total. The summed E-state index contributed by atoms with van der Waals surface area (Å²) in [5.74, 6) is 0.298. The second kappa shape index (κ2) is 6.16. The Kier molecular flexibility index (Phi) is 4.08. The van der Waals surface area contributed by atoms with Crippen LogP contribution in [0.25, 0.3) is 10.8 Å². The van der Waals surface area contributed by atoms with Crippen molar-refractivity contribution in [2.45, 2.75) is 6.54 Å². The van der Waals surface area contributed by atoms with Crippen molar-refractivity contribution >= 4 is 32.4 Å². The van der Waals surface area contributed by atoms with Gasteiger partial charge in [0, 0.05) is 22.3 Å². The molecule has 0 heterocycles. The van der Waals surface area contributed by atoms with Gasteiger partial charge in [-0.1, -0.05) is 46.3 Å². The van der Waals surface area contributed by atoms with Crippen LogP contribution in [0.5, 0.6) is 5.75 Å². The lowest BCUT2D eigenvalue weighted by Gasteiger charge is -2.12. The normalized spacial score (nSPS) is 10.7. The van der Waals surface area contributed by atoms with Crippen molar-refractivity contribution < 1.29 is 5.11 Å². The summed E-state index contributed by atoms with van der Waals surface area (Å²) in [6.07, 6.45) is 0. The molecule has 0 aliphatic carbocycles. The minimum Gasteiger partial charge on any atom is -0.508 e. The SMILES string of the molecule is Oc1ccc2cc(Br)ccc2c1CNNc1ccccc1. The number of hydrogen-bond acceptors (Lipinski definition) is 3. The smallest absolute Gasteiger partial charge is 0.120 e. The molecule has 3 rings (SSSR count). The summed E-state index contributed by atoms with van der Waals surface area (Å²) < 4.78 is 1.03. The first-order valence-corrected chi connectivity index (χ1v) is 7.47. The summed E-state index contributed by atoms with van der Waals surface area (Å²) in [6.45, 7) is 0.527. The number of rotatable bonds is 4. The number of anilines is 1. The number of para-hydroxylation sites is 1. The molecule has 21 heavy (non-hydrogen) atoms. The quantitative estimate of drug-likeness (QED) is 0.614. The number of aromatic hydroxyl groups is 1. The Labute approximate surface area is 131 Å². The molecular weight excluding hydrogens is 328 g/mol. The fraction of sp³-hybridized carbons (Fsp3) is 0.0588. The average Bonchev–Trinajstić information content (AvgIpc) is 2.50. The lowest BCUT2D eigenvalue weighted by molar-refractivity contribution is 0.467. The number of hydrogen-bond donors (Lipinski definition) is 3. The summed E-state index contributed by atoms with van der Waals surface area (Å²) in [6, 6.07) is 19.6. The highest BCUT2D eigenvalue weighted by Gasteiger charge is 2.07. The second-order valence-corrected chi connectivity index (χ2v) is 5.69. The number of hydrazine groups is 1. The van der Waals surface area contributed by atoms with Crippen LogP contribution in [0.3, 0.4) is 0 Å². The minimum absolute atomic E-state index is 0.298. The van der Waals surface area contributed by atoms with Crippen LogP contribution in [0, 0.1) is 0 Å². The largest absolute Gasteiger partial charge is 0.508 e. The van der Waals surface area contributed by atoms with Gasteiger partial charge in [0.2, 0.25) is 0 Å². The van der Waals surface area contributed by atoms with Gasteiger partial charge in [0.1, 0.15) is 5.75 Å². The Morgan fingerprint density at radius 3 is 2.57 bits per heavy atom. The lowest BCUT2D eigenvalue weighted by atomic mass is 10.0. The topological polar surface area (TPSA) is 44.3 Å². The van der Waals surface area contributed by atoms with Gasteiger partial charge in [0.05, 0.1) is 0 Å². The van der Waals surface area contributed by atoms with Gasteiger partial charge in [-0.3, -0.25) is 0 Å². The van der Waals surface area contributed by atoms with Crippen molar-refractivity contribution in [3.05, 3.63) is 70.7 Å². The molecule has 0 amide bonds. The van der Waals surface area contributed by atoms with Gasteiger partial charge < -0.3 is 10.5 Å². The van der Waals surface area contributed by atoms with Crippen molar-refractivity contribution in [1.82, 2.24) is 5.43 Å². The van der Waals surface area contributed by atoms with E-state index in [2.05, 4.69) is 26.8 Å². The van der Waals surface area contributed by atoms with Crippen LogP contribution in [0.4, 0.5) is 5.69 Å². The maximum Gasteiger partial charge on any atom is 0.120 e. The highest BCUT2D eigenvalue weighted by molar-refractivity contribution is 9.10. The third-order valence-corrected chi connectivity index (χ3v) is 3.83. The van der Waals surface area contributed by atoms with Crippen LogP contribution in [0.15, 0.2) is 65.1 Å². The molecule has 0 aliphatic rings. The number of halogens is 1. The highest BCUT2D eigenvalue weighted by Crippen LogP contribution is 2.29. The summed E-state index contributed by atoms with van der Waals surface area (Å²) in [4.78, 5) is 0. The summed E-state index contributed by atoms with van der Waals surface area (Å²) >= 11 is 3.47. The van der Waals surface area contributed by atoms with E-state index < -0.39 is 0 Å². The van der Waals surface area contributed by atoms with E-state index in [0.29, 0.717) is 12.3 Å². The molecule has 0 spiro atoms. The zero-order chi connectivity index (χ0) is 14.7. The number of benzene rings is 3. The number of nitrogens with one attached hydrogen (secondary N) is 2. The molecule has 3 aromatic rings. The van der Waals surface area contributed by atoms with Crippen molar-refractivity contribution in [2.24, 2.45) is 0 Å². The van der Waals surface area contributed by atoms with Crippen molar-refractivity contribution in [3.63, 3.8) is 0 Å². The van der Waals surface area contributed by atoms with Gasteiger partial charge in [-0.2, -0.15) is 0 Å². The van der Waals surface area contributed by atoms with Crippen molar-refractivity contribution in [1.29, 1.82) is 0 Å². The first-order valence-electron chi connectivity index (χ1n) is 6.68. The molecule has 0 radical (unpaired) electrons. The van der Waals surface area contributed by atoms with E-state index in [1.165, 1.54) is 0 Å². The standard InChI is InChI=1S/C17H15BrN2O/c18-13-7-8-15-12(10-13)6-9-17(21)16(15)11-19-20-14-4-2-1-3-5-14/h1-10,19-21H,11H2. The molecule has 0 saturated carbocycles. The summed E-state index contributed by atoms with van der Waals surface area (Å²) in [5, 5.41) is 12.2. The third-order valence-electron chi connectivity index (χ3n) is 3.34. The lowest BCUT2D eigenvalue weighted by Crippen LogP contribution is -2.21. The number of phenols is 1. The molecular formula is C17H15BrN2O. The predicted molar refractivity (Wildman–Crippen MR) is 90.2 cm³/mol. The fourth-order valence-electron chi connectivity index (χ4n) is 2.30. The van der Waals surface area contributed by atoms with Crippen LogP contribution >= 0.6 is 15.9 Å². The molecule has 3 aromatic carbocycles. The average molecular weight is 343 g/mol. The van der Waals surface area contributed by atoms with Crippen LogP contribution in [-0.4, -0.2) is 5.11 Å². The van der Waals surface area contributed by atoms with E-state index >= 15 is 0 Å². The monoisotopic (exact) mass is 342 g/mol. The summed E-state index contributed by atoms with van der Waals surface area (Å²) in [5.41, 5.74) is 8.13. The van der Waals surface area contributed by atoms with Gasteiger partial charge in [0.15, 0.2) is 0 Å². The molecule has 0 bridgehead atoms. The predicted octanol–water partition coefficient (Wildman–Crippen LogP) is 4.42. The van der Waals surface area contributed by atoms with Gasteiger partial charge in [-0.15, -0.1) is 0 Å². The number of phenolic OH excluding ortho intramolecular Hbond substituents is 1. The van der Waals surface area contributed by atoms with Crippen LogP contribution in [0.2, 0.25) is 0 Å². The van der Waals surface area contributed by atoms with Gasteiger partial charge in [0.25, 0.3) is 0 Å². The Bertz CT molecular complexity index is 759. The zero-order valence-corrected chi connectivity index (χ0v) is 12.9. The van der Waals surface area contributed by atoms with Gasteiger partial charge in [-0.25, -0.2) is 5.43 Å². The van der Waals surface area contributed by atoms with Gasteiger partial charge in [-0.05, 0) is 41.1 Å². The van der Waals surface area contributed by atoms with Crippen LogP contribution in [-0.2, 0) is 6.54 Å². The van der Waals surface area contributed by atoms with E-state index in [1.807, 2.05) is 54.6 Å². The zero-order valence-electron chi connectivity index (χ0n) is 11.3. The van der Waals surface area contributed by atoms with E-state index in [4.69, 9.17) is 0 Å². The van der Waals surface area contributed by atoms with Gasteiger partial charge >= 0.3 is 0 Å². The van der Waals surface area contributed by atoms with Crippen LogP contribution in [0.1, 0.15) is 5.56 Å². The first kappa shape index (κ1) is 13.9. The van der Waals surface area contributed by atoms with Crippen LogP contribution < -0.4 is 10.9 Å². The molecule has 0 fully saturated rings. The van der Waals surface area contributed by atoms with Crippen molar-refractivity contribution in [3.8, 4) is 5.75 Å². The van der Waals surface area contributed by atoms with E-state index in [1.54, 1.807) is 6.07 Å². The molecule has 3 nitrogen and oxygen atoms in total. The van der Waals surface area contributed by atoms with E-state index in [9.17, 15) is 5.11 Å². The van der Waals surface area contributed by atoms with E-state index in [0.717, 1.165) is 26.5 Å². The minimum atomic E-state index is 0.298. The molecule has 106 valence electrons. The second-order valence-electron chi connectivity index (χ2n) is 4.77. The fourth-order valence-corrected chi connectivity index (χ4v) is 2.67. The maximum atomic E-state index is 10.1. The molecule has 4 heteroatoms. The summed E-state index contributed by atoms with van der Waals surface area (Å²) in [7, 11) is 0. The third kappa shape index (κ3) is 3.17. The van der Waals surface area contributed by atoms with E-state index in [-0.39, 0.29) is 0 Å². The highest BCUT2D eigenvalue weighted by atomic mass is 79.9. The Balaban J connectivity index is 1.81. The first-order chi connectivity index (χ1) is 10.2. The van der Waals surface area contributed by atoms with Crippen molar-refractivity contribution in [2.75, 3.05) is 5.43 Å². The molecule has 0 atom stereocenters. The molecule has 0 saturated heterocycles. The number of fused-ring (bicyclic) bond motifs is 1. The molecule has 0 unspecified atom stereocenters. The molecule has 0 aromatic heterocycles. The maximum absolute atomic E-state index is 10.1.